The number of hydrogen-bond donors (Lipinski definition) is 1. The molecule has 9 heteroatoms. The van der Waals surface area contributed by atoms with Gasteiger partial charge < -0.3 is 14.4 Å². The van der Waals surface area contributed by atoms with E-state index in [0.29, 0.717) is 11.3 Å². The fourth-order valence-corrected chi connectivity index (χ4v) is 3.56. The third kappa shape index (κ3) is 5.25. The van der Waals surface area contributed by atoms with Crippen molar-refractivity contribution in [2.75, 3.05) is 13.1 Å². The van der Waals surface area contributed by atoms with Gasteiger partial charge in [0.25, 0.3) is 11.8 Å². The molecule has 0 radical (unpaired) electrons. The second-order valence-corrected chi connectivity index (χ2v) is 8.63. The van der Waals surface area contributed by atoms with E-state index in [1.54, 1.807) is 32.9 Å². The molecular formula is C21H26F2N2O5. The normalized spacial score (nSPS) is 24.2. The monoisotopic (exact) mass is 424 g/mol. The zero-order chi connectivity index (χ0) is 22.1. The zero-order valence-corrected chi connectivity index (χ0v) is 17.2. The van der Waals surface area contributed by atoms with Gasteiger partial charge in [-0.25, -0.2) is 13.6 Å². The molecule has 0 aromatic heterocycles. The highest BCUT2D eigenvalue weighted by molar-refractivity contribution is 5.99. The molecular weight excluding hydrogens is 398 g/mol. The van der Waals surface area contributed by atoms with Crippen LogP contribution in [0.1, 0.15) is 51.5 Å². The van der Waals surface area contributed by atoms with E-state index in [4.69, 9.17) is 9.47 Å². The lowest BCUT2D eigenvalue weighted by Crippen LogP contribution is -2.50. The smallest absolute Gasteiger partial charge is 0.410 e. The van der Waals surface area contributed by atoms with Crippen LogP contribution in [0.15, 0.2) is 24.3 Å². The van der Waals surface area contributed by atoms with Crippen molar-refractivity contribution in [3.8, 4) is 5.75 Å². The predicted molar refractivity (Wildman–Crippen MR) is 103 cm³/mol. The minimum absolute atomic E-state index is 0.0968. The average molecular weight is 424 g/mol. The number of halogens is 2. The molecule has 2 aliphatic rings. The number of ether oxygens (including phenoxy) is 2. The molecule has 1 aromatic carbocycles. The second-order valence-electron chi connectivity index (χ2n) is 8.63. The highest BCUT2D eigenvalue weighted by Gasteiger charge is 2.47. The van der Waals surface area contributed by atoms with Gasteiger partial charge in [0.1, 0.15) is 11.4 Å². The summed E-state index contributed by atoms with van der Waals surface area (Å²) in [5, 5.41) is 2.21. The number of piperidine rings is 2. The van der Waals surface area contributed by atoms with Crippen molar-refractivity contribution in [3.05, 3.63) is 29.8 Å². The number of nitrogens with one attached hydrogen (secondary N) is 1. The summed E-state index contributed by atoms with van der Waals surface area (Å²) >= 11 is 0. The third-order valence-electron chi connectivity index (χ3n) is 5.00. The van der Waals surface area contributed by atoms with Crippen LogP contribution in [-0.2, 0) is 14.3 Å². The van der Waals surface area contributed by atoms with Gasteiger partial charge in [0.15, 0.2) is 6.10 Å². The van der Waals surface area contributed by atoms with Crippen LogP contribution in [0.2, 0.25) is 0 Å². The minimum atomic E-state index is -3.11. The molecule has 7 nitrogen and oxygen atoms in total. The van der Waals surface area contributed by atoms with Crippen molar-refractivity contribution in [2.45, 2.75) is 63.6 Å². The largest absolute Gasteiger partial charge is 0.481 e. The molecule has 164 valence electrons. The Kier molecular flexibility index (Phi) is 6.01. The maximum atomic E-state index is 14.8. The molecule has 0 aliphatic carbocycles. The van der Waals surface area contributed by atoms with Gasteiger partial charge in [-0.05, 0) is 44.9 Å². The van der Waals surface area contributed by atoms with E-state index in [9.17, 15) is 23.2 Å². The van der Waals surface area contributed by atoms with E-state index in [0.717, 1.165) is 4.90 Å². The molecule has 1 N–H and O–H groups in total. The van der Waals surface area contributed by atoms with E-state index in [2.05, 4.69) is 5.32 Å². The molecule has 0 bridgehead atoms. The van der Waals surface area contributed by atoms with Crippen molar-refractivity contribution in [3.63, 3.8) is 0 Å². The molecule has 2 unspecified atom stereocenters. The van der Waals surface area contributed by atoms with E-state index >= 15 is 0 Å². The SMILES string of the molecule is CC(C)(C)OC(=O)N1CCC(c2ccc(OC3CCC(=O)NC3=O)cc2)C(F)(F)C1. The maximum absolute atomic E-state index is 14.8. The van der Waals surface area contributed by atoms with Crippen molar-refractivity contribution in [2.24, 2.45) is 0 Å². The first-order valence-electron chi connectivity index (χ1n) is 9.91. The van der Waals surface area contributed by atoms with Crippen LogP contribution in [0.4, 0.5) is 13.6 Å². The van der Waals surface area contributed by atoms with Crippen molar-refractivity contribution in [1.82, 2.24) is 10.2 Å². The zero-order valence-electron chi connectivity index (χ0n) is 17.2. The van der Waals surface area contributed by atoms with Crippen LogP contribution >= 0.6 is 0 Å². The number of carbonyl (C=O) groups excluding carboxylic acids is 3. The van der Waals surface area contributed by atoms with Crippen molar-refractivity contribution in [1.29, 1.82) is 0 Å². The fourth-order valence-electron chi connectivity index (χ4n) is 3.56. The fraction of sp³-hybridized carbons (Fsp3) is 0.571. The van der Waals surface area contributed by atoms with Crippen LogP contribution in [0.5, 0.6) is 5.75 Å². The van der Waals surface area contributed by atoms with Crippen LogP contribution in [0, 0.1) is 0 Å². The number of alkyl halides is 2. The lowest BCUT2D eigenvalue weighted by molar-refractivity contribution is -0.138. The molecule has 2 aliphatic heterocycles. The van der Waals surface area contributed by atoms with Gasteiger partial charge in [-0.2, -0.15) is 0 Å². The van der Waals surface area contributed by atoms with Crippen molar-refractivity contribution < 1.29 is 32.6 Å². The van der Waals surface area contributed by atoms with Crippen molar-refractivity contribution >= 4 is 17.9 Å². The Labute approximate surface area is 173 Å². The summed E-state index contributed by atoms with van der Waals surface area (Å²) in [6, 6.07) is 6.16. The number of benzene rings is 1. The second kappa shape index (κ2) is 8.20. The Morgan fingerprint density at radius 1 is 1.17 bits per heavy atom. The third-order valence-corrected chi connectivity index (χ3v) is 5.00. The van der Waals surface area contributed by atoms with Gasteiger partial charge in [0.05, 0.1) is 12.5 Å². The van der Waals surface area contributed by atoms with Gasteiger partial charge in [-0.3, -0.25) is 14.9 Å². The van der Waals surface area contributed by atoms with Crippen LogP contribution < -0.4 is 10.1 Å². The Balaban J connectivity index is 1.63. The number of rotatable bonds is 3. The Morgan fingerprint density at radius 2 is 1.83 bits per heavy atom. The Morgan fingerprint density at radius 3 is 2.40 bits per heavy atom. The number of amides is 3. The molecule has 1 aromatic rings. The molecule has 3 rings (SSSR count). The van der Waals surface area contributed by atoms with Gasteiger partial charge in [-0.15, -0.1) is 0 Å². The lowest BCUT2D eigenvalue weighted by atomic mass is 9.86. The molecule has 2 fully saturated rings. The Hall–Kier alpha value is -2.71. The molecule has 0 saturated carbocycles. The number of carbonyl (C=O) groups is 3. The first-order chi connectivity index (χ1) is 13.9. The average Bonchev–Trinajstić information content (AvgIpc) is 2.62. The van der Waals surface area contributed by atoms with E-state index < -0.39 is 42.1 Å². The molecule has 0 spiro atoms. The summed E-state index contributed by atoms with van der Waals surface area (Å²) in [7, 11) is 0. The van der Waals surface area contributed by atoms with Crippen LogP contribution in [0.3, 0.4) is 0 Å². The predicted octanol–water partition coefficient (Wildman–Crippen LogP) is 3.23. The summed E-state index contributed by atoms with van der Waals surface area (Å²) in [6.07, 6.45) is -0.967. The summed E-state index contributed by atoms with van der Waals surface area (Å²) < 4.78 is 40.4. The summed E-state index contributed by atoms with van der Waals surface area (Å²) in [5.74, 6) is -4.63. The van der Waals surface area contributed by atoms with Gasteiger partial charge >= 0.3 is 6.09 Å². The van der Waals surface area contributed by atoms with Gasteiger partial charge in [0, 0.05) is 19.4 Å². The highest BCUT2D eigenvalue weighted by atomic mass is 19.3. The van der Waals surface area contributed by atoms with Crippen LogP contribution in [0.25, 0.3) is 0 Å². The van der Waals surface area contributed by atoms with Gasteiger partial charge in [-0.1, -0.05) is 12.1 Å². The molecule has 2 heterocycles. The molecule has 30 heavy (non-hydrogen) atoms. The molecule has 2 atom stereocenters. The number of hydrogen-bond acceptors (Lipinski definition) is 5. The molecule has 2 saturated heterocycles. The van der Waals surface area contributed by atoms with E-state index in [1.165, 1.54) is 12.1 Å². The lowest BCUT2D eigenvalue weighted by Gasteiger charge is -2.39. The summed E-state index contributed by atoms with van der Waals surface area (Å²) in [4.78, 5) is 36.1. The van der Waals surface area contributed by atoms with Crippen LogP contribution in [-0.4, -0.2) is 53.5 Å². The quantitative estimate of drug-likeness (QED) is 0.753. The number of imide groups is 1. The van der Waals surface area contributed by atoms with Gasteiger partial charge in [0.2, 0.25) is 5.91 Å². The Bertz CT molecular complexity index is 820. The standard InChI is InChI=1S/C21H26F2N2O5/c1-20(2,3)30-19(28)25-11-10-15(21(22,23)12-25)13-4-6-14(7-5-13)29-16-8-9-17(26)24-18(16)27/h4-7,15-16H,8-12H2,1-3H3,(H,24,26,27). The summed E-state index contributed by atoms with van der Waals surface area (Å²) in [5.41, 5.74) is -0.318. The maximum Gasteiger partial charge on any atom is 0.410 e. The first-order valence-corrected chi connectivity index (χ1v) is 9.91. The molecule has 3 amide bonds. The van der Waals surface area contributed by atoms with E-state index in [1.807, 2.05) is 0 Å². The number of likely N-dealkylation sites (tertiary alicyclic amines) is 1. The highest BCUT2D eigenvalue weighted by Crippen LogP contribution is 2.41. The van der Waals surface area contributed by atoms with E-state index in [-0.39, 0.29) is 31.7 Å². The topological polar surface area (TPSA) is 84.9 Å². The summed E-state index contributed by atoms with van der Waals surface area (Å²) in [6.45, 7) is 4.53. The first kappa shape index (κ1) is 22.0. The number of nitrogens with zero attached hydrogens (tertiary/aromatic N) is 1. The minimum Gasteiger partial charge on any atom is -0.481 e.